The largest absolute Gasteiger partial charge is 0.312 e. The molecule has 146 valence electrons. The molecule has 0 radical (unpaired) electrons. The molecular weight excluding hydrogens is 367 g/mol. The monoisotopic (exact) mass is 392 g/mol. The minimum absolute atomic E-state index is 0.0386. The van der Waals surface area contributed by atoms with Crippen molar-refractivity contribution in [2.75, 3.05) is 30.8 Å². The van der Waals surface area contributed by atoms with Gasteiger partial charge in [0.1, 0.15) is 5.82 Å². The van der Waals surface area contributed by atoms with E-state index in [0.29, 0.717) is 12.1 Å². The van der Waals surface area contributed by atoms with Crippen molar-refractivity contribution in [2.24, 2.45) is 0 Å². The Morgan fingerprint density at radius 1 is 1.11 bits per heavy atom. The van der Waals surface area contributed by atoms with E-state index >= 15 is 0 Å². The predicted octanol–water partition coefficient (Wildman–Crippen LogP) is 2.99. The van der Waals surface area contributed by atoms with Gasteiger partial charge in [-0.25, -0.2) is 12.8 Å². The number of hydrogen-bond donors (Lipinski definition) is 0. The summed E-state index contributed by atoms with van der Waals surface area (Å²) in [5, 5.41) is 0. The molecule has 0 aliphatic rings. The molecule has 2 aromatic rings. The van der Waals surface area contributed by atoms with Gasteiger partial charge in [-0.2, -0.15) is 4.31 Å². The lowest BCUT2D eigenvalue weighted by Crippen LogP contribution is -2.43. The summed E-state index contributed by atoms with van der Waals surface area (Å²) in [4.78, 5) is 14.3. The fourth-order valence-electron chi connectivity index (χ4n) is 2.84. The number of rotatable bonds is 8. The SMILES string of the molecule is CCN(C(=O)CN(CCc1ccccc1F)S(C)(=O)=O)c1cccc(C)c1. The topological polar surface area (TPSA) is 57.7 Å². The molecule has 0 atom stereocenters. The zero-order valence-corrected chi connectivity index (χ0v) is 16.7. The van der Waals surface area contributed by atoms with Gasteiger partial charge in [-0.3, -0.25) is 4.79 Å². The summed E-state index contributed by atoms with van der Waals surface area (Å²) in [7, 11) is -3.61. The number of benzene rings is 2. The van der Waals surface area contributed by atoms with Crippen LogP contribution in [0.15, 0.2) is 48.5 Å². The predicted molar refractivity (Wildman–Crippen MR) is 106 cm³/mol. The fourth-order valence-corrected chi connectivity index (χ4v) is 3.61. The molecule has 0 aromatic heterocycles. The van der Waals surface area contributed by atoms with E-state index in [1.54, 1.807) is 23.1 Å². The average Bonchev–Trinajstić information content (AvgIpc) is 2.59. The summed E-state index contributed by atoms with van der Waals surface area (Å²) < 4.78 is 39.2. The van der Waals surface area contributed by atoms with Crippen molar-refractivity contribution < 1.29 is 17.6 Å². The van der Waals surface area contributed by atoms with E-state index in [-0.39, 0.29) is 31.2 Å². The molecule has 1 amide bonds. The van der Waals surface area contributed by atoms with Gasteiger partial charge in [0.2, 0.25) is 15.9 Å². The van der Waals surface area contributed by atoms with Crippen molar-refractivity contribution >= 4 is 21.6 Å². The summed E-state index contributed by atoms with van der Waals surface area (Å²) >= 11 is 0. The van der Waals surface area contributed by atoms with E-state index in [1.807, 2.05) is 38.1 Å². The van der Waals surface area contributed by atoms with E-state index in [1.165, 1.54) is 6.07 Å². The van der Waals surface area contributed by atoms with Crippen LogP contribution in [-0.2, 0) is 21.2 Å². The van der Waals surface area contributed by atoms with E-state index in [2.05, 4.69) is 0 Å². The van der Waals surface area contributed by atoms with Crippen LogP contribution in [0, 0.1) is 12.7 Å². The van der Waals surface area contributed by atoms with Crippen LogP contribution in [0.1, 0.15) is 18.1 Å². The molecule has 0 N–H and O–H groups in total. The smallest absolute Gasteiger partial charge is 0.242 e. The number of aryl methyl sites for hydroxylation is 1. The van der Waals surface area contributed by atoms with Gasteiger partial charge in [-0.05, 0) is 49.6 Å². The van der Waals surface area contributed by atoms with Crippen LogP contribution in [-0.4, -0.2) is 44.5 Å². The highest BCUT2D eigenvalue weighted by atomic mass is 32.2. The summed E-state index contributed by atoms with van der Waals surface area (Å²) in [5.74, 6) is -0.700. The van der Waals surface area contributed by atoms with Crippen molar-refractivity contribution in [2.45, 2.75) is 20.3 Å². The molecule has 0 heterocycles. The Bertz CT molecular complexity index is 900. The molecule has 0 spiro atoms. The molecule has 0 fully saturated rings. The van der Waals surface area contributed by atoms with Crippen LogP contribution in [0.2, 0.25) is 0 Å². The molecule has 7 heteroatoms. The first-order chi connectivity index (χ1) is 12.7. The highest BCUT2D eigenvalue weighted by Crippen LogP contribution is 2.17. The minimum Gasteiger partial charge on any atom is -0.312 e. The fraction of sp³-hybridized carbons (Fsp3) is 0.350. The maximum Gasteiger partial charge on any atom is 0.242 e. The third-order valence-electron chi connectivity index (χ3n) is 4.30. The Morgan fingerprint density at radius 3 is 2.41 bits per heavy atom. The first kappa shape index (κ1) is 21.1. The molecule has 27 heavy (non-hydrogen) atoms. The number of carbonyl (C=O) groups is 1. The van der Waals surface area contributed by atoms with E-state index in [0.717, 1.165) is 21.8 Å². The van der Waals surface area contributed by atoms with Gasteiger partial charge in [0.05, 0.1) is 12.8 Å². The van der Waals surface area contributed by atoms with Gasteiger partial charge in [0.15, 0.2) is 0 Å². The van der Waals surface area contributed by atoms with E-state index < -0.39 is 10.0 Å². The molecule has 0 saturated carbocycles. The maximum atomic E-state index is 13.8. The molecule has 2 aromatic carbocycles. The van der Waals surface area contributed by atoms with Crippen LogP contribution in [0.3, 0.4) is 0 Å². The Morgan fingerprint density at radius 2 is 1.81 bits per heavy atom. The van der Waals surface area contributed by atoms with Crippen molar-refractivity contribution in [3.8, 4) is 0 Å². The molecular formula is C20H25FN2O3S. The summed E-state index contributed by atoms with van der Waals surface area (Å²) in [6.07, 6.45) is 1.26. The van der Waals surface area contributed by atoms with Crippen molar-refractivity contribution in [3.05, 3.63) is 65.5 Å². The first-order valence-corrected chi connectivity index (χ1v) is 10.6. The van der Waals surface area contributed by atoms with E-state index in [9.17, 15) is 17.6 Å². The van der Waals surface area contributed by atoms with Gasteiger partial charge < -0.3 is 4.90 Å². The number of hydrogen-bond acceptors (Lipinski definition) is 3. The number of amides is 1. The lowest BCUT2D eigenvalue weighted by atomic mass is 10.1. The summed E-state index contributed by atoms with van der Waals surface area (Å²) in [5.41, 5.74) is 2.16. The Labute approximate surface area is 160 Å². The first-order valence-electron chi connectivity index (χ1n) is 8.78. The van der Waals surface area contributed by atoms with Gasteiger partial charge in [0.25, 0.3) is 0 Å². The normalized spacial score (nSPS) is 11.6. The zero-order chi connectivity index (χ0) is 20.0. The number of nitrogens with zero attached hydrogens (tertiary/aromatic N) is 2. The second-order valence-corrected chi connectivity index (χ2v) is 8.40. The van der Waals surface area contributed by atoms with Crippen molar-refractivity contribution in [1.29, 1.82) is 0 Å². The van der Waals surface area contributed by atoms with Crippen LogP contribution in [0.5, 0.6) is 0 Å². The molecule has 0 aliphatic carbocycles. The van der Waals surface area contributed by atoms with Gasteiger partial charge >= 0.3 is 0 Å². The highest BCUT2D eigenvalue weighted by Gasteiger charge is 2.24. The van der Waals surface area contributed by atoms with Crippen LogP contribution in [0.25, 0.3) is 0 Å². The third kappa shape index (κ3) is 5.87. The minimum atomic E-state index is -3.61. The number of sulfonamides is 1. The number of anilines is 1. The van der Waals surface area contributed by atoms with E-state index in [4.69, 9.17) is 0 Å². The second kappa shape index (κ2) is 9.10. The Hall–Kier alpha value is -2.25. The number of carbonyl (C=O) groups excluding carboxylic acids is 1. The quantitative estimate of drug-likeness (QED) is 0.694. The highest BCUT2D eigenvalue weighted by molar-refractivity contribution is 7.88. The Balaban J connectivity index is 2.15. The lowest BCUT2D eigenvalue weighted by molar-refractivity contribution is -0.118. The van der Waals surface area contributed by atoms with Crippen LogP contribution < -0.4 is 4.90 Å². The van der Waals surface area contributed by atoms with Crippen LogP contribution in [0.4, 0.5) is 10.1 Å². The van der Waals surface area contributed by atoms with Gasteiger partial charge in [-0.15, -0.1) is 0 Å². The number of halogens is 1. The zero-order valence-electron chi connectivity index (χ0n) is 15.9. The molecule has 5 nitrogen and oxygen atoms in total. The van der Waals surface area contributed by atoms with Crippen molar-refractivity contribution in [1.82, 2.24) is 4.31 Å². The number of likely N-dealkylation sites (N-methyl/N-ethyl adjacent to an activating group) is 1. The Kier molecular flexibility index (Phi) is 7.10. The third-order valence-corrected chi connectivity index (χ3v) is 5.55. The van der Waals surface area contributed by atoms with Gasteiger partial charge in [0, 0.05) is 18.8 Å². The molecule has 0 bridgehead atoms. The molecule has 2 rings (SSSR count). The second-order valence-electron chi connectivity index (χ2n) is 6.41. The average molecular weight is 392 g/mol. The van der Waals surface area contributed by atoms with Gasteiger partial charge in [-0.1, -0.05) is 30.3 Å². The molecule has 0 aliphatic heterocycles. The molecule has 0 unspecified atom stereocenters. The maximum absolute atomic E-state index is 13.8. The standard InChI is InChI=1S/C20H25FN2O3S/c1-4-23(18-10-7-8-16(2)14-18)20(24)15-22(27(3,25)26)13-12-17-9-5-6-11-19(17)21/h5-11,14H,4,12-13,15H2,1-3H3. The van der Waals surface area contributed by atoms with Crippen LogP contribution >= 0.6 is 0 Å². The van der Waals surface area contributed by atoms with Crippen molar-refractivity contribution in [3.63, 3.8) is 0 Å². The summed E-state index contributed by atoms with van der Waals surface area (Å²) in [6.45, 7) is 3.95. The lowest BCUT2D eigenvalue weighted by Gasteiger charge is -2.26. The summed E-state index contributed by atoms with van der Waals surface area (Å²) in [6, 6.07) is 13.7. The molecule has 0 saturated heterocycles.